The van der Waals surface area contributed by atoms with Gasteiger partial charge in [-0.05, 0) is 6.92 Å². The second-order valence-corrected chi connectivity index (χ2v) is 4.89. The summed E-state index contributed by atoms with van der Waals surface area (Å²) < 4.78 is 5.33. The van der Waals surface area contributed by atoms with Crippen molar-refractivity contribution >= 4 is 28.9 Å². The molecule has 0 bridgehead atoms. The summed E-state index contributed by atoms with van der Waals surface area (Å²) in [6, 6.07) is -0.0133. The Morgan fingerprint density at radius 1 is 1.60 bits per heavy atom. The topological polar surface area (TPSA) is 107 Å². The highest BCUT2D eigenvalue weighted by molar-refractivity contribution is 6.17. The molecule has 2 rings (SSSR count). The van der Waals surface area contributed by atoms with Crippen LogP contribution in [0.3, 0.4) is 0 Å². The first kappa shape index (κ1) is 14.7. The number of hydrogen-bond donors (Lipinski definition) is 1. The molecule has 0 saturated carbocycles. The Bertz CT molecular complexity index is 513. The number of rotatable bonds is 4. The first-order chi connectivity index (χ1) is 9.54. The molecule has 110 valence electrons. The first-order valence-corrected chi connectivity index (χ1v) is 6.79. The average Bonchev–Trinajstić information content (AvgIpc) is 2.38. The molecule has 0 aromatic carbocycles. The quantitative estimate of drug-likeness (QED) is 0.501. The number of nitrogens with zero attached hydrogens (tertiary/aromatic N) is 4. The molecule has 1 unspecified atom stereocenters. The van der Waals surface area contributed by atoms with Crippen molar-refractivity contribution in [3.05, 3.63) is 15.9 Å². The van der Waals surface area contributed by atoms with E-state index in [1.54, 1.807) is 0 Å². The van der Waals surface area contributed by atoms with E-state index in [9.17, 15) is 10.1 Å². The molecule has 1 aromatic rings. The SMILES string of the molecule is CC1COCCN1c1nc(CCCl)nc(N)c1[N+](=O)[O-]. The maximum Gasteiger partial charge on any atom is 0.353 e. The predicted molar refractivity (Wildman–Crippen MR) is 75.1 cm³/mol. The molecule has 1 atom stereocenters. The summed E-state index contributed by atoms with van der Waals surface area (Å²) in [7, 11) is 0. The Kier molecular flexibility index (Phi) is 4.56. The number of hydrogen-bond acceptors (Lipinski definition) is 7. The normalized spacial score (nSPS) is 19.1. The van der Waals surface area contributed by atoms with Crippen LogP contribution in [0.25, 0.3) is 0 Å². The lowest BCUT2D eigenvalue weighted by atomic mass is 10.2. The third-order valence-corrected chi connectivity index (χ3v) is 3.27. The van der Waals surface area contributed by atoms with Gasteiger partial charge < -0.3 is 15.4 Å². The van der Waals surface area contributed by atoms with Gasteiger partial charge in [-0.15, -0.1) is 11.6 Å². The molecule has 0 radical (unpaired) electrons. The highest BCUT2D eigenvalue weighted by atomic mass is 35.5. The van der Waals surface area contributed by atoms with Crippen molar-refractivity contribution in [1.82, 2.24) is 9.97 Å². The summed E-state index contributed by atoms with van der Waals surface area (Å²) in [5.41, 5.74) is 5.46. The summed E-state index contributed by atoms with van der Waals surface area (Å²) >= 11 is 5.67. The Morgan fingerprint density at radius 2 is 2.35 bits per heavy atom. The molecule has 1 fully saturated rings. The minimum absolute atomic E-state index is 0.0133. The number of morpholine rings is 1. The molecular weight excluding hydrogens is 286 g/mol. The summed E-state index contributed by atoms with van der Waals surface area (Å²) in [5, 5.41) is 11.2. The standard InChI is InChI=1S/C11H16ClN5O3/c1-7-6-20-5-4-16(7)11-9(17(18)19)10(13)14-8(15-11)2-3-12/h7H,2-6H2,1H3,(H2,13,14,15). The number of aryl methyl sites for hydroxylation is 1. The molecule has 0 spiro atoms. The van der Waals surface area contributed by atoms with Gasteiger partial charge in [-0.2, -0.15) is 0 Å². The van der Waals surface area contributed by atoms with E-state index in [-0.39, 0.29) is 23.4 Å². The fraction of sp³-hybridized carbons (Fsp3) is 0.636. The number of nitrogen functional groups attached to an aromatic ring is 1. The van der Waals surface area contributed by atoms with Crippen molar-refractivity contribution in [2.75, 3.05) is 36.3 Å². The van der Waals surface area contributed by atoms with Gasteiger partial charge in [-0.25, -0.2) is 9.97 Å². The molecular formula is C11H16ClN5O3. The fourth-order valence-corrected chi connectivity index (χ4v) is 2.29. The number of nitrogens with two attached hydrogens (primary N) is 1. The molecule has 1 saturated heterocycles. The predicted octanol–water partition coefficient (Wildman–Crippen LogP) is 0.973. The Labute approximate surface area is 121 Å². The molecule has 20 heavy (non-hydrogen) atoms. The molecule has 2 heterocycles. The van der Waals surface area contributed by atoms with Gasteiger partial charge >= 0.3 is 5.69 Å². The molecule has 2 N–H and O–H groups in total. The maximum absolute atomic E-state index is 11.2. The van der Waals surface area contributed by atoms with E-state index in [1.165, 1.54) is 0 Å². The van der Waals surface area contributed by atoms with Crippen LogP contribution in [0.1, 0.15) is 12.7 Å². The van der Waals surface area contributed by atoms with Gasteiger partial charge in [0.1, 0.15) is 5.82 Å². The van der Waals surface area contributed by atoms with Crippen LogP contribution in [0.2, 0.25) is 0 Å². The first-order valence-electron chi connectivity index (χ1n) is 6.25. The summed E-state index contributed by atoms with van der Waals surface area (Å²) in [4.78, 5) is 20.7. The van der Waals surface area contributed by atoms with Crippen LogP contribution in [-0.4, -0.2) is 46.6 Å². The number of anilines is 2. The minimum Gasteiger partial charge on any atom is -0.378 e. The largest absolute Gasteiger partial charge is 0.378 e. The van der Waals surface area contributed by atoms with Crippen LogP contribution in [-0.2, 0) is 11.2 Å². The van der Waals surface area contributed by atoms with Crippen LogP contribution < -0.4 is 10.6 Å². The zero-order valence-corrected chi connectivity index (χ0v) is 11.8. The van der Waals surface area contributed by atoms with Crippen molar-refractivity contribution in [2.45, 2.75) is 19.4 Å². The van der Waals surface area contributed by atoms with Crippen LogP contribution in [0.4, 0.5) is 17.3 Å². The van der Waals surface area contributed by atoms with Gasteiger partial charge in [-0.1, -0.05) is 0 Å². The Balaban J connectivity index is 2.49. The third-order valence-electron chi connectivity index (χ3n) is 3.08. The number of nitro groups is 1. The smallest absolute Gasteiger partial charge is 0.353 e. The summed E-state index contributed by atoms with van der Waals surface area (Å²) in [6.07, 6.45) is 0.412. The lowest BCUT2D eigenvalue weighted by molar-refractivity contribution is -0.383. The molecule has 1 aliphatic heterocycles. The lowest BCUT2D eigenvalue weighted by Crippen LogP contribution is -2.44. The highest BCUT2D eigenvalue weighted by Crippen LogP contribution is 2.32. The van der Waals surface area contributed by atoms with Gasteiger partial charge in [0.15, 0.2) is 0 Å². The number of halogens is 1. The van der Waals surface area contributed by atoms with Crippen molar-refractivity contribution in [3.8, 4) is 0 Å². The van der Waals surface area contributed by atoms with Crippen molar-refractivity contribution in [1.29, 1.82) is 0 Å². The second kappa shape index (κ2) is 6.19. The average molecular weight is 302 g/mol. The van der Waals surface area contributed by atoms with Gasteiger partial charge in [0.05, 0.1) is 24.2 Å². The molecule has 0 amide bonds. The Hall–Kier alpha value is -1.67. The number of aromatic nitrogens is 2. The molecule has 1 aromatic heterocycles. The molecule has 0 aliphatic carbocycles. The van der Waals surface area contributed by atoms with E-state index in [1.807, 2.05) is 11.8 Å². The molecule has 1 aliphatic rings. The van der Waals surface area contributed by atoms with E-state index in [4.69, 9.17) is 22.1 Å². The van der Waals surface area contributed by atoms with Crippen molar-refractivity contribution < 1.29 is 9.66 Å². The molecule has 9 heteroatoms. The van der Waals surface area contributed by atoms with E-state index in [2.05, 4.69) is 9.97 Å². The van der Waals surface area contributed by atoms with E-state index < -0.39 is 4.92 Å². The summed E-state index contributed by atoms with van der Waals surface area (Å²) in [5.74, 6) is 0.865. The van der Waals surface area contributed by atoms with Gasteiger partial charge in [0.2, 0.25) is 11.6 Å². The van der Waals surface area contributed by atoms with Crippen LogP contribution in [0.15, 0.2) is 0 Å². The van der Waals surface area contributed by atoms with Crippen molar-refractivity contribution in [2.24, 2.45) is 0 Å². The molecule has 8 nitrogen and oxygen atoms in total. The summed E-state index contributed by atoms with van der Waals surface area (Å²) in [6.45, 7) is 3.43. The van der Waals surface area contributed by atoms with Crippen LogP contribution >= 0.6 is 11.6 Å². The van der Waals surface area contributed by atoms with Gasteiger partial charge in [0, 0.05) is 18.8 Å². The van der Waals surface area contributed by atoms with E-state index in [0.29, 0.717) is 37.9 Å². The van der Waals surface area contributed by atoms with Crippen LogP contribution in [0, 0.1) is 10.1 Å². The van der Waals surface area contributed by atoms with Crippen molar-refractivity contribution in [3.63, 3.8) is 0 Å². The monoisotopic (exact) mass is 301 g/mol. The lowest BCUT2D eigenvalue weighted by Gasteiger charge is -2.33. The Morgan fingerprint density at radius 3 is 2.95 bits per heavy atom. The van der Waals surface area contributed by atoms with E-state index in [0.717, 1.165) is 0 Å². The zero-order chi connectivity index (χ0) is 14.7. The number of alkyl halides is 1. The second-order valence-electron chi connectivity index (χ2n) is 4.51. The maximum atomic E-state index is 11.2. The fourth-order valence-electron chi connectivity index (χ4n) is 2.12. The van der Waals surface area contributed by atoms with E-state index >= 15 is 0 Å². The number of ether oxygens (including phenoxy) is 1. The highest BCUT2D eigenvalue weighted by Gasteiger charge is 2.31. The van der Waals surface area contributed by atoms with Crippen LogP contribution in [0.5, 0.6) is 0 Å². The van der Waals surface area contributed by atoms with Gasteiger partial charge in [-0.3, -0.25) is 10.1 Å². The van der Waals surface area contributed by atoms with Gasteiger partial charge in [0.25, 0.3) is 0 Å². The zero-order valence-electron chi connectivity index (χ0n) is 11.1. The minimum atomic E-state index is -0.544. The third kappa shape index (κ3) is 2.91.